The standard InChI is InChI=1S/C11H20O2S/c1-2-10(12)6-5-9-14(13)11-7-3-4-8-11/h11H,2-9H2,1H3. The zero-order valence-electron chi connectivity index (χ0n) is 8.96. The monoisotopic (exact) mass is 216 g/mol. The van der Waals surface area contributed by atoms with E-state index in [2.05, 4.69) is 0 Å². The van der Waals surface area contributed by atoms with Gasteiger partial charge in [-0.15, -0.1) is 0 Å². The Kier molecular flexibility index (Phi) is 5.38. The van der Waals surface area contributed by atoms with E-state index in [0.717, 1.165) is 25.0 Å². The maximum atomic E-state index is 11.7. The molecule has 0 N–H and O–H groups in total. The number of hydrogen-bond donors (Lipinski definition) is 0. The fourth-order valence-corrected chi connectivity index (χ4v) is 3.53. The molecule has 2 nitrogen and oxygen atoms in total. The molecule has 0 aromatic rings. The number of ketones is 1. The third kappa shape index (κ3) is 3.91. The van der Waals surface area contributed by atoms with Crippen molar-refractivity contribution in [2.45, 2.75) is 57.1 Å². The molecular formula is C11H20O2S. The molecule has 0 aliphatic heterocycles. The first-order chi connectivity index (χ1) is 6.74. The van der Waals surface area contributed by atoms with Crippen molar-refractivity contribution in [2.75, 3.05) is 5.75 Å². The minimum atomic E-state index is -0.666. The van der Waals surface area contributed by atoms with Gasteiger partial charge in [0.05, 0.1) is 0 Å². The predicted octanol–water partition coefficient (Wildman–Crippen LogP) is 2.44. The highest BCUT2D eigenvalue weighted by Crippen LogP contribution is 2.23. The van der Waals surface area contributed by atoms with Gasteiger partial charge in [-0.1, -0.05) is 19.8 Å². The van der Waals surface area contributed by atoms with Gasteiger partial charge >= 0.3 is 0 Å². The first-order valence-electron chi connectivity index (χ1n) is 5.63. The lowest BCUT2D eigenvalue weighted by atomic mass is 10.2. The zero-order chi connectivity index (χ0) is 10.4. The summed E-state index contributed by atoms with van der Waals surface area (Å²) in [5.74, 6) is 1.03. The van der Waals surface area contributed by atoms with Gasteiger partial charge in [0.1, 0.15) is 5.78 Å². The highest BCUT2D eigenvalue weighted by Gasteiger charge is 2.20. The Morgan fingerprint density at radius 3 is 2.57 bits per heavy atom. The van der Waals surface area contributed by atoms with Crippen molar-refractivity contribution < 1.29 is 9.00 Å². The van der Waals surface area contributed by atoms with E-state index < -0.39 is 10.8 Å². The number of carbonyl (C=O) groups is 1. The fourth-order valence-electron chi connectivity index (χ4n) is 1.91. The van der Waals surface area contributed by atoms with E-state index in [4.69, 9.17) is 0 Å². The molecule has 0 aromatic carbocycles. The van der Waals surface area contributed by atoms with Crippen LogP contribution in [0.1, 0.15) is 51.9 Å². The Morgan fingerprint density at radius 2 is 2.00 bits per heavy atom. The van der Waals surface area contributed by atoms with Crippen molar-refractivity contribution in [1.29, 1.82) is 0 Å². The van der Waals surface area contributed by atoms with Crippen LogP contribution in [0.25, 0.3) is 0 Å². The molecule has 0 amide bonds. The molecule has 1 aliphatic rings. The summed E-state index contributed by atoms with van der Waals surface area (Å²) in [5, 5.41) is 0.437. The molecule has 0 heterocycles. The first-order valence-corrected chi connectivity index (χ1v) is 7.01. The number of rotatable bonds is 6. The number of carbonyl (C=O) groups excluding carboxylic acids is 1. The van der Waals surface area contributed by atoms with Gasteiger partial charge in [0.25, 0.3) is 0 Å². The normalized spacial score (nSPS) is 19.8. The van der Waals surface area contributed by atoms with E-state index >= 15 is 0 Å². The molecule has 0 radical (unpaired) electrons. The van der Waals surface area contributed by atoms with E-state index in [0.29, 0.717) is 23.9 Å². The Labute approximate surface area is 88.9 Å². The SMILES string of the molecule is CCC(=O)CCCS(=O)C1CCCC1. The van der Waals surface area contributed by atoms with Gasteiger partial charge in [0, 0.05) is 34.6 Å². The van der Waals surface area contributed by atoms with Crippen LogP contribution in [-0.2, 0) is 15.6 Å². The van der Waals surface area contributed by atoms with Gasteiger partial charge in [0.2, 0.25) is 0 Å². The smallest absolute Gasteiger partial charge is 0.132 e. The van der Waals surface area contributed by atoms with Crippen molar-refractivity contribution in [3.8, 4) is 0 Å². The minimum absolute atomic E-state index is 0.299. The van der Waals surface area contributed by atoms with Crippen LogP contribution < -0.4 is 0 Å². The molecule has 0 spiro atoms. The summed E-state index contributed by atoms with van der Waals surface area (Å²) in [6.45, 7) is 1.89. The van der Waals surface area contributed by atoms with Gasteiger partial charge in [-0.3, -0.25) is 9.00 Å². The van der Waals surface area contributed by atoms with Crippen molar-refractivity contribution >= 4 is 16.6 Å². The molecule has 3 heteroatoms. The van der Waals surface area contributed by atoms with E-state index in [1.54, 1.807) is 0 Å². The van der Waals surface area contributed by atoms with Crippen LogP contribution in [0.4, 0.5) is 0 Å². The van der Waals surface area contributed by atoms with Crippen molar-refractivity contribution in [3.63, 3.8) is 0 Å². The van der Waals surface area contributed by atoms with Gasteiger partial charge in [-0.05, 0) is 19.3 Å². The molecule has 0 saturated heterocycles. The van der Waals surface area contributed by atoms with Crippen molar-refractivity contribution in [3.05, 3.63) is 0 Å². The second-order valence-electron chi connectivity index (χ2n) is 3.99. The molecule has 82 valence electrons. The van der Waals surface area contributed by atoms with Crippen LogP contribution in [0, 0.1) is 0 Å². The summed E-state index contributed by atoms with van der Waals surface area (Å²) in [6.07, 6.45) is 6.80. The maximum Gasteiger partial charge on any atom is 0.132 e. The molecule has 1 saturated carbocycles. The first kappa shape index (κ1) is 11.9. The van der Waals surface area contributed by atoms with Gasteiger partial charge in [-0.2, -0.15) is 0 Å². The lowest BCUT2D eigenvalue weighted by molar-refractivity contribution is -0.118. The van der Waals surface area contributed by atoms with E-state index in [9.17, 15) is 9.00 Å². The third-order valence-electron chi connectivity index (χ3n) is 2.87. The van der Waals surface area contributed by atoms with Crippen LogP contribution >= 0.6 is 0 Å². The average Bonchev–Trinajstić information content (AvgIpc) is 2.70. The zero-order valence-corrected chi connectivity index (χ0v) is 9.78. The van der Waals surface area contributed by atoms with Gasteiger partial charge in [0.15, 0.2) is 0 Å². The van der Waals surface area contributed by atoms with Crippen LogP contribution in [0.3, 0.4) is 0 Å². The summed E-state index contributed by atoms with van der Waals surface area (Å²) < 4.78 is 11.7. The third-order valence-corrected chi connectivity index (χ3v) is 4.78. The second kappa shape index (κ2) is 6.33. The van der Waals surface area contributed by atoms with Crippen LogP contribution in [0.2, 0.25) is 0 Å². The maximum absolute atomic E-state index is 11.7. The number of Topliss-reactive ketones (excluding diaryl/α,β-unsaturated/α-hetero) is 1. The molecule has 0 bridgehead atoms. The molecule has 1 atom stereocenters. The highest BCUT2D eigenvalue weighted by atomic mass is 32.2. The van der Waals surface area contributed by atoms with E-state index in [-0.39, 0.29) is 0 Å². The quantitative estimate of drug-likeness (QED) is 0.683. The highest BCUT2D eigenvalue weighted by molar-refractivity contribution is 7.85. The Balaban J connectivity index is 2.11. The van der Waals surface area contributed by atoms with Gasteiger partial charge < -0.3 is 0 Å². The number of hydrogen-bond acceptors (Lipinski definition) is 2. The molecule has 0 aromatic heterocycles. The van der Waals surface area contributed by atoms with Crippen LogP contribution in [0.5, 0.6) is 0 Å². The molecule has 1 unspecified atom stereocenters. The Morgan fingerprint density at radius 1 is 1.36 bits per heavy atom. The van der Waals surface area contributed by atoms with Crippen LogP contribution in [-0.4, -0.2) is 21.0 Å². The second-order valence-corrected chi connectivity index (χ2v) is 5.82. The molecule has 1 rings (SSSR count). The fraction of sp³-hybridized carbons (Fsp3) is 0.909. The molecular weight excluding hydrogens is 196 g/mol. The van der Waals surface area contributed by atoms with E-state index in [1.165, 1.54) is 12.8 Å². The Hall–Kier alpha value is -0.180. The predicted molar refractivity (Wildman–Crippen MR) is 59.8 cm³/mol. The largest absolute Gasteiger partial charge is 0.300 e. The summed E-state index contributed by atoms with van der Waals surface area (Å²) in [6, 6.07) is 0. The van der Waals surface area contributed by atoms with Crippen molar-refractivity contribution in [2.24, 2.45) is 0 Å². The molecule has 14 heavy (non-hydrogen) atoms. The lowest BCUT2D eigenvalue weighted by Gasteiger charge is -2.07. The molecule has 1 fully saturated rings. The van der Waals surface area contributed by atoms with Gasteiger partial charge in [-0.25, -0.2) is 0 Å². The Bertz CT molecular complexity index is 207. The summed E-state index contributed by atoms with van der Waals surface area (Å²) in [5.41, 5.74) is 0. The van der Waals surface area contributed by atoms with Crippen molar-refractivity contribution in [1.82, 2.24) is 0 Å². The van der Waals surface area contributed by atoms with Crippen LogP contribution in [0.15, 0.2) is 0 Å². The summed E-state index contributed by atoms with van der Waals surface area (Å²) in [7, 11) is -0.666. The minimum Gasteiger partial charge on any atom is -0.300 e. The van der Waals surface area contributed by atoms with E-state index in [1.807, 2.05) is 6.92 Å². The molecule has 1 aliphatic carbocycles. The summed E-state index contributed by atoms with van der Waals surface area (Å²) >= 11 is 0. The topological polar surface area (TPSA) is 34.1 Å². The summed E-state index contributed by atoms with van der Waals surface area (Å²) in [4.78, 5) is 11.0. The lowest BCUT2D eigenvalue weighted by Crippen LogP contribution is -2.14. The average molecular weight is 216 g/mol.